The Kier molecular flexibility index (Phi) is 8.05. The maximum absolute atomic E-state index is 13.6. The summed E-state index contributed by atoms with van der Waals surface area (Å²) in [5.41, 5.74) is 4.62. The van der Waals surface area contributed by atoms with E-state index in [1.54, 1.807) is 18.4 Å². The number of benzene rings is 1. The van der Waals surface area contributed by atoms with Gasteiger partial charge in [0, 0.05) is 30.8 Å². The van der Waals surface area contributed by atoms with E-state index in [9.17, 15) is 22.4 Å². The number of oxazole rings is 1. The van der Waals surface area contributed by atoms with Gasteiger partial charge >= 0.3 is 12.1 Å². The molecule has 0 saturated carbocycles. The van der Waals surface area contributed by atoms with Gasteiger partial charge in [0.15, 0.2) is 6.39 Å². The van der Waals surface area contributed by atoms with Crippen LogP contribution < -0.4 is 0 Å². The molecule has 1 saturated heterocycles. The fourth-order valence-electron chi connectivity index (χ4n) is 4.49. The Morgan fingerprint density at radius 2 is 1.67 bits per heavy atom. The zero-order valence-corrected chi connectivity index (χ0v) is 21.2. The molecule has 4 heterocycles. The number of piperidine rings is 1. The van der Waals surface area contributed by atoms with Crippen molar-refractivity contribution in [3.05, 3.63) is 72.7 Å². The minimum atomic E-state index is -5.08. The number of halogens is 4. The van der Waals surface area contributed by atoms with Gasteiger partial charge in [0.2, 0.25) is 0 Å². The molecular formula is C27H26F4N4O4. The molecule has 0 aliphatic carbocycles. The summed E-state index contributed by atoms with van der Waals surface area (Å²) in [6.07, 6.45) is 1.72. The molecule has 4 aromatic rings. The first kappa shape index (κ1) is 27.8. The van der Waals surface area contributed by atoms with Crippen LogP contribution in [0.4, 0.5) is 17.6 Å². The fraction of sp³-hybridized carbons (Fsp3) is 0.296. The second-order valence-electron chi connectivity index (χ2n) is 9.29. The molecular weight excluding hydrogens is 520 g/mol. The molecule has 5 rings (SSSR count). The van der Waals surface area contributed by atoms with Crippen LogP contribution in [0.3, 0.4) is 0 Å². The molecule has 8 nitrogen and oxygen atoms in total. The molecule has 3 aromatic heterocycles. The molecule has 0 radical (unpaired) electrons. The molecule has 1 amide bonds. The highest BCUT2D eigenvalue weighted by Crippen LogP contribution is 2.31. The fourth-order valence-corrected chi connectivity index (χ4v) is 4.49. The number of carboxylic acid groups (broad SMARTS) is 1. The van der Waals surface area contributed by atoms with E-state index in [4.69, 9.17) is 14.3 Å². The van der Waals surface area contributed by atoms with Crippen LogP contribution in [-0.2, 0) is 4.79 Å². The van der Waals surface area contributed by atoms with Crippen molar-refractivity contribution in [1.29, 1.82) is 0 Å². The highest BCUT2D eigenvalue weighted by atomic mass is 19.4. The van der Waals surface area contributed by atoms with Gasteiger partial charge < -0.3 is 23.7 Å². The number of hydrogen-bond acceptors (Lipinski definition) is 5. The van der Waals surface area contributed by atoms with E-state index in [1.165, 1.54) is 18.5 Å². The van der Waals surface area contributed by atoms with E-state index in [2.05, 4.69) is 24.0 Å². The van der Waals surface area contributed by atoms with Gasteiger partial charge in [-0.2, -0.15) is 13.2 Å². The van der Waals surface area contributed by atoms with Gasteiger partial charge in [-0.15, -0.1) is 0 Å². The molecule has 1 aromatic carbocycles. The van der Waals surface area contributed by atoms with Gasteiger partial charge in [-0.3, -0.25) is 4.79 Å². The predicted molar refractivity (Wildman–Crippen MR) is 135 cm³/mol. The van der Waals surface area contributed by atoms with Crippen molar-refractivity contribution in [3.63, 3.8) is 0 Å². The summed E-state index contributed by atoms with van der Waals surface area (Å²) in [7, 11) is 4.17. The Morgan fingerprint density at radius 3 is 2.21 bits per heavy atom. The van der Waals surface area contributed by atoms with Gasteiger partial charge in [-0.05, 0) is 62.3 Å². The number of pyridine rings is 1. The van der Waals surface area contributed by atoms with E-state index >= 15 is 0 Å². The summed E-state index contributed by atoms with van der Waals surface area (Å²) in [5.74, 6) is -3.02. The first-order valence-corrected chi connectivity index (χ1v) is 12.0. The van der Waals surface area contributed by atoms with Gasteiger partial charge in [-0.1, -0.05) is 18.2 Å². The summed E-state index contributed by atoms with van der Waals surface area (Å²) in [5, 5.41) is 7.12. The largest absolute Gasteiger partial charge is 0.490 e. The van der Waals surface area contributed by atoms with Gasteiger partial charge in [-0.25, -0.2) is 14.2 Å². The first-order chi connectivity index (χ1) is 18.5. The summed E-state index contributed by atoms with van der Waals surface area (Å²) < 4.78 is 52.3. The topological polar surface area (TPSA) is 91.3 Å². The molecule has 0 spiro atoms. The van der Waals surface area contributed by atoms with E-state index in [0.29, 0.717) is 23.0 Å². The average Bonchev–Trinajstić information content (AvgIpc) is 3.56. The van der Waals surface area contributed by atoms with Crippen molar-refractivity contribution in [2.75, 3.05) is 27.2 Å². The third-order valence-electron chi connectivity index (χ3n) is 6.58. The van der Waals surface area contributed by atoms with E-state index in [0.717, 1.165) is 42.6 Å². The minimum absolute atomic E-state index is 0.00670. The van der Waals surface area contributed by atoms with E-state index in [-0.39, 0.29) is 11.7 Å². The lowest BCUT2D eigenvalue weighted by Crippen LogP contribution is -2.44. The predicted octanol–water partition coefficient (Wildman–Crippen LogP) is 5.20. The number of carboxylic acids is 1. The molecule has 1 aliphatic heterocycles. The lowest BCUT2D eigenvalue weighted by molar-refractivity contribution is -0.192. The molecule has 1 fully saturated rings. The number of carbonyl (C=O) groups is 2. The number of rotatable bonds is 4. The number of aliphatic carboxylic acids is 1. The average molecular weight is 547 g/mol. The van der Waals surface area contributed by atoms with Crippen LogP contribution in [-0.4, -0.2) is 75.6 Å². The lowest BCUT2D eigenvalue weighted by atomic mass is 10.0. The second kappa shape index (κ2) is 11.3. The molecule has 0 atom stereocenters. The maximum Gasteiger partial charge on any atom is 0.490 e. The molecule has 1 N–H and O–H groups in total. The van der Waals surface area contributed by atoms with E-state index in [1.807, 2.05) is 33.7 Å². The minimum Gasteiger partial charge on any atom is -0.475 e. The SMILES string of the molecule is CN(C)C1CCN(C(=O)c2cc3ccc(-c4ccc(F)cc4)cn3c2-c2cocn2)CC1.O=C(O)C(F)(F)F. The van der Waals surface area contributed by atoms with Crippen LogP contribution in [0.15, 0.2) is 65.7 Å². The van der Waals surface area contributed by atoms with Gasteiger partial charge in [0.05, 0.1) is 11.3 Å². The molecule has 0 unspecified atom stereocenters. The normalized spacial score (nSPS) is 14.4. The van der Waals surface area contributed by atoms with Crippen LogP contribution in [0.5, 0.6) is 0 Å². The Bertz CT molecular complexity index is 1440. The molecule has 39 heavy (non-hydrogen) atoms. The Labute approximate surface area is 221 Å². The van der Waals surface area contributed by atoms with Crippen molar-refractivity contribution in [1.82, 2.24) is 19.2 Å². The Balaban J connectivity index is 0.000000448. The van der Waals surface area contributed by atoms with Crippen molar-refractivity contribution in [2.45, 2.75) is 25.1 Å². The number of alkyl halides is 3. The summed E-state index contributed by atoms with van der Waals surface area (Å²) in [6, 6.07) is 12.7. The number of carbonyl (C=O) groups excluding carboxylic acids is 1. The first-order valence-electron chi connectivity index (χ1n) is 12.0. The van der Waals surface area contributed by atoms with Crippen molar-refractivity contribution in [2.24, 2.45) is 0 Å². The molecule has 1 aliphatic rings. The number of hydrogen-bond donors (Lipinski definition) is 1. The Morgan fingerprint density at radius 1 is 1.05 bits per heavy atom. The number of likely N-dealkylation sites (tertiary alicyclic amines) is 1. The lowest BCUT2D eigenvalue weighted by Gasteiger charge is -2.35. The molecule has 12 heteroatoms. The zero-order valence-electron chi connectivity index (χ0n) is 21.2. The Hall–Kier alpha value is -4.19. The highest BCUT2D eigenvalue weighted by molar-refractivity contribution is 6.02. The summed E-state index contributed by atoms with van der Waals surface area (Å²) >= 11 is 0. The van der Waals surface area contributed by atoms with Crippen molar-refractivity contribution in [3.8, 4) is 22.5 Å². The number of amides is 1. The number of aromatic nitrogens is 2. The molecule has 0 bridgehead atoms. The second-order valence-corrected chi connectivity index (χ2v) is 9.29. The number of fused-ring (bicyclic) bond motifs is 1. The monoisotopic (exact) mass is 546 g/mol. The third-order valence-corrected chi connectivity index (χ3v) is 6.58. The van der Waals surface area contributed by atoms with Gasteiger partial charge in [0.1, 0.15) is 17.8 Å². The highest BCUT2D eigenvalue weighted by Gasteiger charge is 2.38. The number of nitrogens with zero attached hydrogens (tertiary/aromatic N) is 4. The van der Waals surface area contributed by atoms with Crippen LogP contribution in [0.1, 0.15) is 23.2 Å². The summed E-state index contributed by atoms with van der Waals surface area (Å²) in [4.78, 5) is 30.9. The maximum atomic E-state index is 13.6. The van der Waals surface area contributed by atoms with Gasteiger partial charge in [0.25, 0.3) is 5.91 Å². The zero-order chi connectivity index (χ0) is 28.3. The van der Waals surface area contributed by atoms with Crippen molar-refractivity contribution >= 4 is 17.4 Å². The smallest absolute Gasteiger partial charge is 0.475 e. The summed E-state index contributed by atoms with van der Waals surface area (Å²) in [6.45, 7) is 1.46. The van der Waals surface area contributed by atoms with E-state index < -0.39 is 12.1 Å². The third kappa shape index (κ3) is 6.28. The van der Waals surface area contributed by atoms with Crippen LogP contribution in [0.25, 0.3) is 28.0 Å². The standard InChI is InChI=1S/C25H25FN4O2.C2HF3O2/c1-28(2)20-9-11-29(12-10-20)25(31)22-13-21-8-5-18(17-3-6-19(26)7-4-17)14-30(21)24(22)23-15-32-16-27-23;3-2(4,5)1(6)7/h3-8,13-16,20H,9-12H2,1-2H3;(H,6,7). The molecule has 206 valence electrons. The van der Waals surface area contributed by atoms with Crippen LogP contribution in [0.2, 0.25) is 0 Å². The van der Waals surface area contributed by atoms with Crippen LogP contribution >= 0.6 is 0 Å². The van der Waals surface area contributed by atoms with Crippen LogP contribution in [0, 0.1) is 5.82 Å². The van der Waals surface area contributed by atoms with Crippen molar-refractivity contribution < 1.29 is 36.7 Å². The quantitative estimate of drug-likeness (QED) is 0.354.